The van der Waals surface area contributed by atoms with E-state index in [4.69, 9.17) is 13.9 Å². The summed E-state index contributed by atoms with van der Waals surface area (Å²) in [6, 6.07) is 9.99. The lowest BCUT2D eigenvalue weighted by atomic mass is 10.0. The lowest BCUT2D eigenvalue weighted by Gasteiger charge is -2.35. The van der Waals surface area contributed by atoms with Crippen molar-refractivity contribution >= 4 is 11.0 Å². The summed E-state index contributed by atoms with van der Waals surface area (Å²) in [6.07, 6.45) is -3.46. The molecule has 4 atom stereocenters. The van der Waals surface area contributed by atoms with Crippen molar-refractivity contribution in [2.24, 2.45) is 0 Å². The second-order valence-electron chi connectivity index (χ2n) is 7.06. The molecule has 3 aromatic rings. The van der Waals surface area contributed by atoms with Crippen LogP contribution in [0.15, 0.2) is 51.7 Å². The maximum atomic E-state index is 12.5. The average Bonchev–Trinajstić information content (AvgIpc) is 2.65. The Morgan fingerprint density at radius 3 is 2.52 bits per heavy atom. The number of fused-ring (bicyclic) bond motifs is 1. The zero-order chi connectivity index (χ0) is 20.7. The van der Waals surface area contributed by atoms with E-state index in [9.17, 15) is 25.2 Å². The molecule has 29 heavy (non-hydrogen) atoms. The topological polar surface area (TPSA) is 130 Å². The SMILES string of the molecule is CC1CC(O)[C@@H](O)C(Oc2cc(O)c3c(=O)cc(-c4ccc(O)cc4)oc3c2)O1. The highest BCUT2D eigenvalue weighted by atomic mass is 16.7. The number of aliphatic hydroxyl groups excluding tert-OH is 2. The molecule has 4 N–H and O–H groups in total. The molecule has 1 aliphatic rings. The molecular formula is C21H20O8. The number of hydrogen-bond acceptors (Lipinski definition) is 8. The molecule has 2 heterocycles. The van der Waals surface area contributed by atoms with Gasteiger partial charge in [0.25, 0.3) is 0 Å². The van der Waals surface area contributed by atoms with E-state index in [0.29, 0.717) is 5.56 Å². The Morgan fingerprint density at radius 2 is 1.79 bits per heavy atom. The first-order valence-corrected chi connectivity index (χ1v) is 9.10. The van der Waals surface area contributed by atoms with Crippen LogP contribution in [0.2, 0.25) is 0 Å². The Kier molecular flexibility index (Phi) is 4.91. The molecule has 0 saturated carbocycles. The van der Waals surface area contributed by atoms with E-state index in [2.05, 4.69) is 0 Å². The molecule has 0 amide bonds. The second kappa shape index (κ2) is 7.40. The zero-order valence-electron chi connectivity index (χ0n) is 15.5. The molecule has 4 rings (SSSR count). The molecule has 3 unspecified atom stereocenters. The van der Waals surface area contributed by atoms with Gasteiger partial charge in [-0.15, -0.1) is 0 Å². The monoisotopic (exact) mass is 400 g/mol. The van der Waals surface area contributed by atoms with Gasteiger partial charge in [-0.3, -0.25) is 4.79 Å². The molecule has 152 valence electrons. The molecule has 0 bridgehead atoms. The molecule has 2 aromatic carbocycles. The summed E-state index contributed by atoms with van der Waals surface area (Å²) in [5.74, 6) is 0.0819. The van der Waals surface area contributed by atoms with Crippen LogP contribution in [0.4, 0.5) is 0 Å². The van der Waals surface area contributed by atoms with Gasteiger partial charge in [0.2, 0.25) is 6.29 Å². The number of benzene rings is 2. The lowest BCUT2D eigenvalue weighted by Crippen LogP contribution is -2.50. The van der Waals surface area contributed by atoms with Crippen LogP contribution in [-0.4, -0.2) is 45.0 Å². The van der Waals surface area contributed by atoms with E-state index in [0.717, 1.165) is 0 Å². The van der Waals surface area contributed by atoms with Crippen LogP contribution in [0.1, 0.15) is 13.3 Å². The molecule has 8 nitrogen and oxygen atoms in total. The number of hydrogen-bond donors (Lipinski definition) is 4. The summed E-state index contributed by atoms with van der Waals surface area (Å²) in [5.41, 5.74) is 0.196. The predicted molar refractivity (Wildman–Crippen MR) is 103 cm³/mol. The van der Waals surface area contributed by atoms with Crippen LogP contribution in [0.5, 0.6) is 17.2 Å². The van der Waals surface area contributed by atoms with Gasteiger partial charge >= 0.3 is 0 Å². The first-order valence-electron chi connectivity index (χ1n) is 9.10. The fourth-order valence-electron chi connectivity index (χ4n) is 3.34. The first-order chi connectivity index (χ1) is 13.8. The summed E-state index contributed by atoms with van der Waals surface area (Å²) in [6.45, 7) is 1.74. The molecule has 0 spiro atoms. The van der Waals surface area contributed by atoms with Crippen molar-refractivity contribution in [3.05, 3.63) is 52.7 Å². The van der Waals surface area contributed by atoms with Crippen molar-refractivity contribution in [3.8, 4) is 28.6 Å². The Morgan fingerprint density at radius 1 is 1.07 bits per heavy atom. The third-order valence-corrected chi connectivity index (χ3v) is 4.80. The highest BCUT2D eigenvalue weighted by Crippen LogP contribution is 2.33. The minimum atomic E-state index is -1.26. The van der Waals surface area contributed by atoms with E-state index in [1.54, 1.807) is 19.1 Å². The van der Waals surface area contributed by atoms with Crippen LogP contribution < -0.4 is 10.2 Å². The van der Waals surface area contributed by atoms with E-state index in [-0.39, 0.29) is 46.5 Å². The van der Waals surface area contributed by atoms with Crippen molar-refractivity contribution < 1.29 is 34.3 Å². The number of rotatable bonds is 3. The molecule has 1 aliphatic heterocycles. The molecular weight excluding hydrogens is 380 g/mol. The van der Waals surface area contributed by atoms with Crippen molar-refractivity contribution in [2.75, 3.05) is 0 Å². The zero-order valence-corrected chi connectivity index (χ0v) is 15.5. The molecule has 8 heteroatoms. The second-order valence-corrected chi connectivity index (χ2v) is 7.06. The summed E-state index contributed by atoms with van der Waals surface area (Å²) in [7, 11) is 0. The van der Waals surface area contributed by atoms with Gasteiger partial charge in [0.15, 0.2) is 5.43 Å². The largest absolute Gasteiger partial charge is 0.508 e. The number of aromatic hydroxyl groups is 2. The smallest absolute Gasteiger partial charge is 0.228 e. The molecule has 0 aliphatic carbocycles. The van der Waals surface area contributed by atoms with Crippen LogP contribution in [-0.2, 0) is 4.74 Å². The predicted octanol–water partition coefficient (Wildman–Crippen LogP) is 2.11. The average molecular weight is 400 g/mol. The quantitative estimate of drug-likeness (QED) is 0.526. The maximum absolute atomic E-state index is 12.5. The number of ether oxygens (including phenoxy) is 2. The van der Waals surface area contributed by atoms with E-state index >= 15 is 0 Å². The van der Waals surface area contributed by atoms with Crippen molar-refractivity contribution in [1.29, 1.82) is 0 Å². The van der Waals surface area contributed by atoms with Gasteiger partial charge in [-0.05, 0) is 31.2 Å². The van der Waals surface area contributed by atoms with Gasteiger partial charge in [-0.25, -0.2) is 0 Å². The van der Waals surface area contributed by atoms with Gasteiger partial charge in [-0.1, -0.05) is 0 Å². The summed E-state index contributed by atoms with van der Waals surface area (Å²) in [4.78, 5) is 12.5. The number of phenolic OH excluding ortho intramolecular Hbond substituents is 2. The molecule has 1 aromatic heterocycles. The standard InChI is InChI=1S/C21H20O8/c1-10-6-16(25)20(26)21(27-10)28-13-7-14(23)19-15(24)9-17(29-18(19)8-13)11-2-4-12(22)5-3-11/h2-5,7-10,16,20-23,25-26H,6H2,1H3/t10?,16?,20-,21?/m1/s1. The minimum absolute atomic E-state index is 0.0154. The molecule has 0 radical (unpaired) electrons. The Labute approximate surface area is 165 Å². The van der Waals surface area contributed by atoms with Gasteiger partial charge in [0.1, 0.15) is 40.1 Å². The fourth-order valence-corrected chi connectivity index (χ4v) is 3.34. The lowest BCUT2D eigenvalue weighted by molar-refractivity contribution is -0.231. The third-order valence-electron chi connectivity index (χ3n) is 4.80. The van der Waals surface area contributed by atoms with Crippen LogP contribution in [0.25, 0.3) is 22.3 Å². The van der Waals surface area contributed by atoms with Gasteiger partial charge in [-0.2, -0.15) is 0 Å². The highest BCUT2D eigenvalue weighted by Gasteiger charge is 2.36. The molecule has 1 saturated heterocycles. The Bertz CT molecular complexity index is 1090. The Balaban J connectivity index is 1.73. The highest BCUT2D eigenvalue weighted by molar-refractivity contribution is 5.86. The van der Waals surface area contributed by atoms with Gasteiger partial charge < -0.3 is 34.3 Å². The maximum Gasteiger partial charge on any atom is 0.228 e. The number of aliphatic hydroxyl groups is 2. The summed E-state index contributed by atoms with van der Waals surface area (Å²) >= 11 is 0. The molecule has 1 fully saturated rings. The van der Waals surface area contributed by atoms with Crippen molar-refractivity contribution in [2.45, 2.75) is 37.9 Å². The van der Waals surface area contributed by atoms with Crippen molar-refractivity contribution in [3.63, 3.8) is 0 Å². The third kappa shape index (κ3) is 3.77. The normalized spacial score (nSPS) is 24.5. The summed E-state index contributed by atoms with van der Waals surface area (Å²) in [5, 5.41) is 39.7. The first kappa shape index (κ1) is 19.3. The van der Waals surface area contributed by atoms with Crippen LogP contribution >= 0.6 is 0 Å². The fraction of sp³-hybridized carbons (Fsp3) is 0.286. The van der Waals surface area contributed by atoms with Crippen LogP contribution in [0, 0.1) is 0 Å². The van der Waals surface area contributed by atoms with Crippen LogP contribution in [0.3, 0.4) is 0 Å². The number of phenols is 2. The van der Waals surface area contributed by atoms with E-state index in [1.165, 1.54) is 30.3 Å². The summed E-state index contributed by atoms with van der Waals surface area (Å²) < 4.78 is 16.9. The van der Waals surface area contributed by atoms with E-state index < -0.39 is 23.9 Å². The van der Waals surface area contributed by atoms with E-state index in [1.807, 2.05) is 0 Å². The van der Waals surface area contributed by atoms with Gasteiger partial charge in [0, 0.05) is 30.2 Å². The Hall–Kier alpha value is -3.07. The van der Waals surface area contributed by atoms with Crippen molar-refractivity contribution in [1.82, 2.24) is 0 Å². The van der Waals surface area contributed by atoms with Gasteiger partial charge in [0.05, 0.1) is 12.2 Å². The minimum Gasteiger partial charge on any atom is -0.508 e.